The lowest BCUT2D eigenvalue weighted by molar-refractivity contribution is -0.462. The van der Waals surface area contributed by atoms with Crippen LogP contribution in [0.25, 0.3) is 10.5 Å². The minimum absolute atomic E-state index is 1.20. The first kappa shape index (κ1) is 19.2. The van der Waals surface area contributed by atoms with E-state index < -0.39 is 0 Å². The normalized spacial score (nSPS) is 17.2. The molecule has 29 heavy (non-hydrogen) atoms. The summed E-state index contributed by atoms with van der Waals surface area (Å²) in [5.41, 5.74) is 6.14. The molecule has 0 atom stereocenters. The van der Waals surface area contributed by atoms with Gasteiger partial charge in [-0.3, -0.25) is 0 Å². The van der Waals surface area contributed by atoms with E-state index in [1.165, 1.54) is 37.8 Å². The number of thioether (sulfide) groups is 1. The van der Waals surface area contributed by atoms with Gasteiger partial charge in [0.25, 0.3) is 0 Å². The predicted octanol–water partition coefficient (Wildman–Crippen LogP) is 6.51. The van der Waals surface area contributed by atoms with Gasteiger partial charge in [0.15, 0.2) is 5.71 Å². The zero-order valence-electron chi connectivity index (χ0n) is 16.7. The Balaban J connectivity index is 1.68. The quantitative estimate of drug-likeness (QED) is 0.537. The van der Waals surface area contributed by atoms with Crippen molar-refractivity contribution in [3.05, 3.63) is 131 Å². The molecule has 0 fully saturated rings. The maximum absolute atomic E-state index is 2.29. The average molecular weight is 395 g/mol. The van der Waals surface area contributed by atoms with Gasteiger partial charge in [0, 0.05) is 22.0 Å². The lowest BCUT2D eigenvalue weighted by Gasteiger charge is -2.16. The predicted molar refractivity (Wildman–Crippen MR) is 128 cm³/mol. The van der Waals surface area contributed by atoms with Crippen molar-refractivity contribution >= 4 is 28.0 Å². The topological polar surface area (TPSA) is 3.01 Å². The summed E-state index contributed by atoms with van der Waals surface area (Å²) in [6, 6.07) is 21.2. The molecule has 0 spiro atoms. The Hall–Kier alpha value is -3.10. The van der Waals surface area contributed by atoms with E-state index in [9.17, 15) is 0 Å². The van der Waals surface area contributed by atoms with Crippen LogP contribution in [0.4, 0.5) is 0 Å². The van der Waals surface area contributed by atoms with Gasteiger partial charge in [0.1, 0.15) is 14.1 Å². The molecule has 0 aromatic heterocycles. The van der Waals surface area contributed by atoms with Gasteiger partial charge in [-0.25, -0.2) is 4.58 Å². The van der Waals surface area contributed by atoms with Crippen LogP contribution in [-0.4, -0.2) is 24.4 Å². The third-order valence-electron chi connectivity index (χ3n) is 4.83. The van der Waals surface area contributed by atoms with Crippen molar-refractivity contribution < 1.29 is 4.58 Å². The highest BCUT2D eigenvalue weighted by molar-refractivity contribution is 8.12. The number of nitrogens with zero attached hydrogens (tertiary/aromatic N) is 1. The first-order chi connectivity index (χ1) is 14.2. The van der Waals surface area contributed by atoms with Crippen molar-refractivity contribution in [2.45, 2.75) is 0 Å². The van der Waals surface area contributed by atoms with Gasteiger partial charge in [-0.1, -0.05) is 78.5 Å². The Morgan fingerprint density at radius 3 is 1.93 bits per heavy atom. The second-order valence-corrected chi connectivity index (χ2v) is 8.28. The van der Waals surface area contributed by atoms with E-state index in [0.717, 1.165) is 0 Å². The van der Waals surface area contributed by atoms with Crippen LogP contribution in [0.15, 0.2) is 120 Å². The molecule has 2 aromatic carbocycles. The van der Waals surface area contributed by atoms with Gasteiger partial charge in [0.2, 0.25) is 0 Å². The van der Waals surface area contributed by atoms with Crippen LogP contribution < -0.4 is 0 Å². The first-order valence-electron chi connectivity index (χ1n) is 9.73. The van der Waals surface area contributed by atoms with E-state index in [-0.39, 0.29) is 0 Å². The SMILES string of the molecule is C[N+](C)=C1C=CC(=CC=C2C=C(c3ccccc3)C=C(c3ccccc3)S2)C=C1. The van der Waals surface area contributed by atoms with Crippen LogP contribution in [-0.2, 0) is 0 Å². The maximum Gasteiger partial charge on any atom is 0.199 e. The maximum atomic E-state index is 2.29. The molecular weight excluding hydrogens is 370 g/mol. The van der Waals surface area contributed by atoms with Gasteiger partial charge >= 0.3 is 0 Å². The second-order valence-electron chi connectivity index (χ2n) is 7.16. The van der Waals surface area contributed by atoms with Crippen LogP contribution in [0.5, 0.6) is 0 Å². The molecule has 1 aliphatic carbocycles. The molecule has 0 saturated carbocycles. The van der Waals surface area contributed by atoms with Crippen LogP contribution in [0.1, 0.15) is 11.1 Å². The fourth-order valence-electron chi connectivity index (χ4n) is 3.21. The van der Waals surface area contributed by atoms with Crippen molar-refractivity contribution in [2.75, 3.05) is 14.1 Å². The lowest BCUT2D eigenvalue weighted by Crippen LogP contribution is -2.09. The van der Waals surface area contributed by atoms with Gasteiger partial charge in [-0.15, -0.1) is 0 Å². The molecule has 142 valence electrons. The molecule has 1 aliphatic heterocycles. The Morgan fingerprint density at radius 2 is 1.31 bits per heavy atom. The third-order valence-corrected chi connectivity index (χ3v) is 5.89. The summed E-state index contributed by atoms with van der Waals surface area (Å²) >= 11 is 1.82. The lowest BCUT2D eigenvalue weighted by atomic mass is 10.0. The second kappa shape index (κ2) is 8.93. The highest BCUT2D eigenvalue weighted by Gasteiger charge is 2.13. The fourth-order valence-corrected chi connectivity index (χ4v) is 4.22. The molecule has 0 N–H and O–H groups in total. The number of benzene rings is 2. The Labute approximate surface area is 177 Å². The summed E-state index contributed by atoms with van der Waals surface area (Å²) in [4.78, 5) is 2.51. The highest BCUT2D eigenvalue weighted by atomic mass is 32.2. The van der Waals surface area contributed by atoms with E-state index in [0.29, 0.717) is 0 Å². The largest absolute Gasteiger partial charge is 0.235 e. The van der Waals surface area contributed by atoms with Crippen LogP contribution in [0, 0.1) is 0 Å². The molecule has 0 saturated heterocycles. The van der Waals surface area contributed by atoms with Crippen LogP contribution in [0.2, 0.25) is 0 Å². The zero-order valence-corrected chi connectivity index (χ0v) is 17.6. The smallest absolute Gasteiger partial charge is 0.199 e. The summed E-state index contributed by atoms with van der Waals surface area (Å²) in [5.74, 6) is 0. The molecule has 4 rings (SSSR count). The van der Waals surface area contributed by atoms with Gasteiger partial charge in [0.05, 0.1) is 0 Å². The molecular formula is C27H24NS+. The van der Waals surface area contributed by atoms with Gasteiger partial charge in [-0.2, -0.15) is 0 Å². The molecule has 0 bridgehead atoms. The molecule has 1 nitrogen and oxygen atoms in total. The summed E-state index contributed by atoms with van der Waals surface area (Å²) in [7, 11) is 4.12. The third kappa shape index (κ3) is 4.85. The molecule has 0 unspecified atom stereocenters. The molecule has 0 radical (unpaired) electrons. The highest BCUT2D eigenvalue weighted by Crippen LogP contribution is 2.41. The summed E-state index contributed by atoms with van der Waals surface area (Å²) in [5, 5.41) is 0. The molecule has 2 aliphatic rings. The number of rotatable bonds is 3. The summed E-state index contributed by atoms with van der Waals surface area (Å²) < 4.78 is 2.12. The van der Waals surface area contributed by atoms with Crippen molar-refractivity contribution in [2.24, 2.45) is 0 Å². The van der Waals surface area contributed by atoms with Crippen molar-refractivity contribution in [1.29, 1.82) is 0 Å². The first-order valence-corrected chi connectivity index (χ1v) is 10.6. The Bertz CT molecular complexity index is 1090. The van der Waals surface area contributed by atoms with Crippen molar-refractivity contribution in [3.8, 4) is 0 Å². The fraction of sp³-hybridized carbons (Fsp3) is 0.0741. The molecule has 2 heteroatoms. The molecule has 2 aromatic rings. The standard InChI is InChI=1S/C27H24NS/c1-28(2)25-16-13-21(14-17-25)15-18-26-19-24(22-9-5-3-6-10-22)20-27(29-26)23-11-7-4-8-12-23/h3-20H,1-2H3/q+1. The van der Waals surface area contributed by atoms with Crippen molar-refractivity contribution in [1.82, 2.24) is 0 Å². The Kier molecular flexibility index (Phi) is 5.92. The van der Waals surface area contributed by atoms with Gasteiger partial charge in [-0.05, 0) is 52.7 Å². The van der Waals surface area contributed by atoms with E-state index in [2.05, 4.69) is 128 Å². The molecule has 0 amide bonds. The summed E-state index contributed by atoms with van der Waals surface area (Å²) in [6.07, 6.45) is 17.6. The monoisotopic (exact) mass is 394 g/mol. The number of allylic oxidation sites excluding steroid dienone is 10. The number of hydrogen-bond donors (Lipinski definition) is 0. The van der Waals surface area contributed by atoms with E-state index in [1.807, 2.05) is 11.8 Å². The summed E-state index contributed by atoms with van der Waals surface area (Å²) in [6.45, 7) is 0. The molecule has 1 heterocycles. The van der Waals surface area contributed by atoms with Crippen molar-refractivity contribution in [3.63, 3.8) is 0 Å². The van der Waals surface area contributed by atoms with Gasteiger partial charge < -0.3 is 0 Å². The average Bonchev–Trinajstić information content (AvgIpc) is 2.79. The minimum atomic E-state index is 1.20. The van der Waals surface area contributed by atoms with E-state index in [4.69, 9.17) is 0 Å². The van der Waals surface area contributed by atoms with Crippen LogP contribution >= 0.6 is 11.8 Å². The van der Waals surface area contributed by atoms with E-state index >= 15 is 0 Å². The number of hydrogen-bond acceptors (Lipinski definition) is 1. The van der Waals surface area contributed by atoms with Crippen LogP contribution in [0.3, 0.4) is 0 Å². The minimum Gasteiger partial charge on any atom is -0.235 e. The van der Waals surface area contributed by atoms with E-state index in [1.54, 1.807) is 0 Å². The Morgan fingerprint density at radius 1 is 0.690 bits per heavy atom. The zero-order chi connectivity index (χ0) is 20.1.